The Balaban J connectivity index is 2.24. The molecular weight excluding hydrogens is 317 g/mol. The molecule has 1 aromatic carbocycles. The lowest BCUT2D eigenvalue weighted by molar-refractivity contribution is 0.281. The smallest absolute Gasteiger partial charge is 0.219 e. The van der Waals surface area contributed by atoms with Crippen molar-refractivity contribution in [2.45, 2.75) is 6.61 Å². The van der Waals surface area contributed by atoms with E-state index in [-0.39, 0.29) is 6.61 Å². The molecule has 0 radical (unpaired) electrons. The summed E-state index contributed by atoms with van der Waals surface area (Å²) in [5.41, 5.74) is 0.788. The first-order valence-corrected chi connectivity index (χ1v) is 5.85. The van der Waals surface area contributed by atoms with Crippen LogP contribution in [0.2, 0.25) is 0 Å². The van der Waals surface area contributed by atoms with Crippen molar-refractivity contribution in [3.8, 4) is 11.6 Å². The number of aromatic nitrogens is 1. The average molecular weight is 327 g/mol. The number of pyridine rings is 1. The van der Waals surface area contributed by atoms with Crippen LogP contribution >= 0.6 is 22.6 Å². The number of hydrogen-bond acceptors (Lipinski definition) is 3. The molecule has 0 saturated heterocycles. The number of benzene rings is 1. The number of nitrogens with zero attached hydrogens (tertiary/aromatic N) is 1. The zero-order chi connectivity index (χ0) is 11.4. The molecule has 2 rings (SSSR count). The second-order valence-corrected chi connectivity index (χ2v) is 4.36. The Labute approximate surface area is 107 Å². The van der Waals surface area contributed by atoms with Crippen molar-refractivity contribution in [1.29, 1.82) is 0 Å². The van der Waals surface area contributed by atoms with Crippen LogP contribution in [0.4, 0.5) is 0 Å². The lowest BCUT2D eigenvalue weighted by Crippen LogP contribution is -1.91. The second-order valence-electron chi connectivity index (χ2n) is 3.19. The Morgan fingerprint density at radius 2 is 2.06 bits per heavy atom. The van der Waals surface area contributed by atoms with Gasteiger partial charge in [-0.25, -0.2) is 4.98 Å². The predicted octanol–water partition coefficient (Wildman–Crippen LogP) is 2.97. The first-order valence-electron chi connectivity index (χ1n) is 4.78. The third-order valence-corrected chi connectivity index (χ3v) is 2.92. The maximum Gasteiger partial charge on any atom is 0.219 e. The summed E-state index contributed by atoms with van der Waals surface area (Å²) >= 11 is 2.20. The van der Waals surface area contributed by atoms with E-state index in [1.807, 2.05) is 24.3 Å². The van der Waals surface area contributed by atoms with Crippen molar-refractivity contribution < 1.29 is 9.84 Å². The fourth-order valence-electron chi connectivity index (χ4n) is 1.24. The van der Waals surface area contributed by atoms with Gasteiger partial charge >= 0.3 is 0 Å². The molecule has 0 atom stereocenters. The van der Waals surface area contributed by atoms with Gasteiger partial charge in [0.1, 0.15) is 5.75 Å². The van der Waals surface area contributed by atoms with Crippen LogP contribution in [0.5, 0.6) is 11.6 Å². The monoisotopic (exact) mass is 327 g/mol. The maximum atomic E-state index is 9.00. The number of aliphatic hydroxyl groups is 1. The molecule has 16 heavy (non-hydrogen) atoms. The SMILES string of the molecule is OCc1ccnc(Oc2ccccc2I)c1. The minimum Gasteiger partial charge on any atom is -0.438 e. The largest absolute Gasteiger partial charge is 0.438 e. The van der Waals surface area contributed by atoms with Gasteiger partial charge in [-0.1, -0.05) is 12.1 Å². The van der Waals surface area contributed by atoms with Crippen LogP contribution in [0.15, 0.2) is 42.6 Å². The van der Waals surface area contributed by atoms with E-state index in [1.54, 1.807) is 18.3 Å². The molecule has 0 aliphatic heterocycles. The summed E-state index contributed by atoms with van der Waals surface area (Å²) in [4.78, 5) is 4.09. The number of hydrogen-bond donors (Lipinski definition) is 1. The fourth-order valence-corrected chi connectivity index (χ4v) is 1.74. The van der Waals surface area contributed by atoms with Crippen molar-refractivity contribution in [1.82, 2.24) is 4.98 Å². The second kappa shape index (κ2) is 5.27. The molecule has 0 saturated carbocycles. The van der Waals surface area contributed by atoms with Crippen LogP contribution in [0.25, 0.3) is 0 Å². The number of ether oxygens (including phenoxy) is 1. The third-order valence-electron chi connectivity index (χ3n) is 2.03. The van der Waals surface area contributed by atoms with Crippen molar-refractivity contribution in [3.05, 3.63) is 51.7 Å². The van der Waals surface area contributed by atoms with E-state index >= 15 is 0 Å². The lowest BCUT2D eigenvalue weighted by atomic mass is 10.3. The Bertz CT molecular complexity index is 488. The van der Waals surface area contributed by atoms with Crippen molar-refractivity contribution in [2.24, 2.45) is 0 Å². The summed E-state index contributed by atoms with van der Waals surface area (Å²) in [6, 6.07) is 11.2. The van der Waals surface area contributed by atoms with Crippen LogP contribution in [0.1, 0.15) is 5.56 Å². The zero-order valence-electron chi connectivity index (χ0n) is 8.43. The number of rotatable bonds is 3. The molecule has 1 heterocycles. The standard InChI is InChI=1S/C12H10INO2/c13-10-3-1-2-4-11(10)16-12-7-9(8-15)5-6-14-12/h1-7,15H,8H2. The van der Waals surface area contributed by atoms with Crippen molar-refractivity contribution in [2.75, 3.05) is 0 Å². The van der Waals surface area contributed by atoms with E-state index in [0.717, 1.165) is 14.9 Å². The van der Waals surface area contributed by atoms with Gasteiger partial charge in [0.25, 0.3) is 0 Å². The fraction of sp³-hybridized carbons (Fsp3) is 0.0833. The molecule has 0 fully saturated rings. The lowest BCUT2D eigenvalue weighted by Gasteiger charge is -2.06. The van der Waals surface area contributed by atoms with Crippen molar-refractivity contribution in [3.63, 3.8) is 0 Å². The van der Waals surface area contributed by atoms with Gasteiger partial charge < -0.3 is 9.84 Å². The van der Waals surface area contributed by atoms with Crippen LogP contribution in [-0.2, 0) is 6.61 Å². The minimum absolute atomic E-state index is 0.00916. The average Bonchev–Trinajstić information content (AvgIpc) is 2.32. The molecule has 2 aromatic rings. The highest BCUT2D eigenvalue weighted by Gasteiger charge is 2.02. The Kier molecular flexibility index (Phi) is 3.74. The third kappa shape index (κ3) is 2.70. The van der Waals surface area contributed by atoms with E-state index in [0.29, 0.717) is 5.88 Å². The molecule has 82 valence electrons. The van der Waals surface area contributed by atoms with Crippen LogP contribution in [0.3, 0.4) is 0 Å². The molecule has 0 spiro atoms. The van der Waals surface area contributed by atoms with E-state index < -0.39 is 0 Å². The molecule has 4 heteroatoms. The van der Waals surface area contributed by atoms with Gasteiger partial charge in [-0.3, -0.25) is 0 Å². The molecule has 3 nitrogen and oxygen atoms in total. The van der Waals surface area contributed by atoms with E-state index in [2.05, 4.69) is 27.6 Å². The number of halogens is 1. The van der Waals surface area contributed by atoms with Crippen LogP contribution in [0, 0.1) is 3.57 Å². The van der Waals surface area contributed by atoms with Gasteiger partial charge in [0.05, 0.1) is 10.2 Å². The van der Waals surface area contributed by atoms with Crippen LogP contribution in [-0.4, -0.2) is 10.1 Å². The maximum absolute atomic E-state index is 9.00. The van der Waals surface area contributed by atoms with Gasteiger partial charge in [-0.2, -0.15) is 0 Å². The summed E-state index contributed by atoms with van der Waals surface area (Å²) in [6.45, 7) is -0.00916. The summed E-state index contributed by atoms with van der Waals surface area (Å²) < 4.78 is 6.65. The van der Waals surface area contributed by atoms with E-state index in [1.165, 1.54) is 0 Å². The summed E-state index contributed by atoms with van der Waals surface area (Å²) in [5.74, 6) is 1.27. The van der Waals surface area contributed by atoms with Gasteiger partial charge in [0.15, 0.2) is 0 Å². The molecule has 0 unspecified atom stereocenters. The first-order chi connectivity index (χ1) is 7.79. The topological polar surface area (TPSA) is 42.4 Å². The van der Waals surface area contributed by atoms with E-state index in [9.17, 15) is 0 Å². The molecule has 0 bridgehead atoms. The molecule has 0 amide bonds. The van der Waals surface area contributed by atoms with Gasteiger partial charge in [-0.15, -0.1) is 0 Å². The Morgan fingerprint density at radius 1 is 1.25 bits per heavy atom. The normalized spacial score (nSPS) is 10.1. The summed E-state index contributed by atoms with van der Waals surface area (Å²) in [6.07, 6.45) is 1.62. The van der Waals surface area contributed by atoms with E-state index in [4.69, 9.17) is 9.84 Å². The first kappa shape index (κ1) is 11.3. The predicted molar refractivity (Wildman–Crippen MR) is 69.4 cm³/mol. The van der Waals surface area contributed by atoms with Crippen molar-refractivity contribution >= 4 is 22.6 Å². The Hall–Kier alpha value is -1.14. The molecular formula is C12H10INO2. The molecule has 1 aromatic heterocycles. The highest BCUT2D eigenvalue weighted by molar-refractivity contribution is 14.1. The van der Waals surface area contributed by atoms with Gasteiger partial charge in [0.2, 0.25) is 5.88 Å². The quantitative estimate of drug-likeness (QED) is 0.882. The summed E-state index contributed by atoms with van der Waals surface area (Å²) in [5, 5.41) is 9.00. The molecule has 0 aliphatic rings. The highest BCUT2D eigenvalue weighted by Crippen LogP contribution is 2.25. The Morgan fingerprint density at radius 3 is 2.81 bits per heavy atom. The zero-order valence-corrected chi connectivity index (χ0v) is 10.6. The highest BCUT2D eigenvalue weighted by atomic mass is 127. The molecule has 0 aliphatic carbocycles. The summed E-state index contributed by atoms with van der Waals surface area (Å²) in [7, 11) is 0. The molecule has 1 N–H and O–H groups in total. The van der Waals surface area contributed by atoms with Gasteiger partial charge in [-0.05, 0) is 46.4 Å². The van der Waals surface area contributed by atoms with Gasteiger partial charge in [0, 0.05) is 12.3 Å². The number of aliphatic hydroxyl groups excluding tert-OH is 1. The van der Waals surface area contributed by atoms with Crippen LogP contribution < -0.4 is 4.74 Å². The minimum atomic E-state index is -0.00916. The number of para-hydroxylation sites is 1.